The van der Waals surface area contributed by atoms with Gasteiger partial charge in [0.25, 0.3) is 5.69 Å². The van der Waals surface area contributed by atoms with E-state index < -0.39 is 4.92 Å². The van der Waals surface area contributed by atoms with Crippen LogP contribution in [0.2, 0.25) is 0 Å². The lowest BCUT2D eigenvalue weighted by Gasteiger charge is -1.96. The SMILES string of the molecule is Cc1c[c]c([N+](=O)[O-])cc1C. The van der Waals surface area contributed by atoms with Crippen molar-refractivity contribution in [2.75, 3.05) is 0 Å². The number of hydrogen-bond donors (Lipinski definition) is 0. The maximum atomic E-state index is 10.2. The molecule has 0 aliphatic rings. The minimum absolute atomic E-state index is 0.0353. The molecule has 0 atom stereocenters. The Morgan fingerprint density at radius 2 is 2.09 bits per heavy atom. The second kappa shape index (κ2) is 2.70. The molecule has 0 amide bonds. The number of nitro benzene ring substituents is 1. The van der Waals surface area contributed by atoms with Crippen LogP contribution in [0.5, 0.6) is 0 Å². The summed E-state index contributed by atoms with van der Waals surface area (Å²) in [5.41, 5.74) is 1.99. The van der Waals surface area contributed by atoms with Gasteiger partial charge in [0, 0.05) is 6.07 Å². The fourth-order valence-corrected chi connectivity index (χ4v) is 0.762. The third-order valence-corrected chi connectivity index (χ3v) is 1.61. The molecule has 0 saturated heterocycles. The van der Waals surface area contributed by atoms with Gasteiger partial charge in [-0.25, -0.2) is 0 Å². The molecule has 0 heterocycles. The van der Waals surface area contributed by atoms with E-state index in [2.05, 4.69) is 6.07 Å². The molecular formula is C8H8NO2. The van der Waals surface area contributed by atoms with Gasteiger partial charge in [-0.2, -0.15) is 0 Å². The molecule has 0 unspecified atom stereocenters. The molecule has 57 valence electrons. The average molecular weight is 150 g/mol. The second-order valence-electron chi connectivity index (χ2n) is 2.44. The normalized spacial score (nSPS) is 9.64. The highest BCUT2D eigenvalue weighted by Gasteiger charge is 2.05. The van der Waals surface area contributed by atoms with Crippen molar-refractivity contribution in [3.05, 3.63) is 39.4 Å². The van der Waals surface area contributed by atoms with Crippen molar-refractivity contribution in [2.45, 2.75) is 13.8 Å². The van der Waals surface area contributed by atoms with E-state index in [1.54, 1.807) is 6.07 Å². The first-order valence-electron chi connectivity index (χ1n) is 3.24. The fourth-order valence-electron chi connectivity index (χ4n) is 0.762. The number of hydrogen-bond acceptors (Lipinski definition) is 2. The number of nitrogens with zero attached hydrogens (tertiary/aromatic N) is 1. The smallest absolute Gasteiger partial charge is 0.258 e. The lowest BCUT2D eigenvalue weighted by molar-refractivity contribution is -0.385. The number of nitro groups is 1. The topological polar surface area (TPSA) is 43.1 Å². The lowest BCUT2D eigenvalue weighted by Crippen LogP contribution is -1.89. The highest BCUT2D eigenvalue weighted by molar-refractivity contribution is 5.37. The van der Waals surface area contributed by atoms with Crippen LogP contribution in [0.1, 0.15) is 11.1 Å². The predicted molar refractivity (Wildman–Crippen MR) is 41.4 cm³/mol. The van der Waals surface area contributed by atoms with E-state index in [1.807, 2.05) is 13.8 Å². The summed E-state index contributed by atoms with van der Waals surface area (Å²) < 4.78 is 0. The maximum absolute atomic E-state index is 10.2. The highest BCUT2D eigenvalue weighted by atomic mass is 16.6. The first-order valence-corrected chi connectivity index (χ1v) is 3.24. The van der Waals surface area contributed by atoms with Crippen molar-refractivity contribution in [1.82, 2.24) is 0 Å². The highest BCUT2D eigenvalue weighted by Crippen LogP contribution is 2.14. The Labute approximate surface area is 64.8 Å². The zero-order valence-corrected chi connectivity index (χ0v) is 6.42. The molecule has 1 rings (SSSR count). The van der Waals surface area contributed by atoms with Gasteiger partial charge in [-0.05, 0) is 31.0 Å². The van der Waals surface area contributed by atoms with Gasteiger partial charge < -0.3 is 0 Å². The van der Waals surface area contributed by atoms with Crippen LogP contribution >= 0.6 is 0 Å². The van der Waals surface area contributed by atoms with Crippen molar-refractivity contribution in [2.24, 2.45) is 0 Å². The van der Waals surface area contributed by atoms with Crippen molar-refractivity contribution >= 4 is 5.69 Å². The van der Waals surface area contributed by atoms with Gasteiger partial charge >= 0.3 is 0 Å². The molecule has 1 aromatic carbocycles. The number of rotatable bonds is 1. The molecule has 0 saturated carbocycles. The minimum Gasteiger partial charge on any atom is -0.258 e. The molecule has 11 heavy (non-hydrogen) atoms. The third-order valence-electron chi connectivity index (χ3n) is 1.61. The van der Waals surface area contributed by atoms with Crippen molar-refractivity contribution in [1.29, 1.82) is 0 Å². The number of non-ortho nitro benzene ring substituents is 1. The third kappa shape index (κ3) is 1.55. The Hall–Kier alpha value is -1.38. The molecule has 0 aliphatic carbocycles. The Balaban J connectivity index is 3.15. The predicted octanol–water partition coefficient (Wildman–Crippen LogP) is 2.01. The molecule has 0 bridgehead atoms. The summed E-state index contributed by atoms with van der Waals surface area (Å²) in [6.45, 7) is 3.74. The van der Waals surface area contributed by atoms with Gasteiger partial charge in [0.1, 0.15) is 0 Å². The summed E-state index contributed by atoms with van der Waals surface area (Å²) in [6, 6.07) is 5.73. The summed E-state index contributed by atoms with van der Waals surface area (Å²) in [5, 5.41) is 10.2. The van der Waals surface area contributed by atoms with Crippen LogP contribution in [0.3, 0.4) is 0 Å². The van der Waals surface area contributed by atoms with Crippen molar-refractivity contribution in [3.63, 3.8) is 0 Å². The van der Waals surface area contributed by atoms with Crippen LogP contribution < -0.4 is 0 Å². The van der Waals surface area contributed by atoms with Crippen LogP contribution in [0.15, 0.2) is 12.1 Å². The van der Waals surface area contributed by atoms with Gasteiger partial charge in [-0.3, -0.25) is 10.1 Å². The number of aryl methyl sites for hydroxylation is 2. The zero-order valence-electron chi connectivity index (χ0n) is 6.42. The zero-order chi connectivity index (χ0) is 8.43. The second-order valence-corrected chi connectivity index (χ2v) is 2.44. The summed E-state index contributed by atoms with van der Waals surface area (Å²) in [7, 11) is 0. The summed E-state index contributed by atoms with van der Waals surface area (Å²) >= 11 is 0. The van der Waals surface area contributed by atoms with Crippen LogP contribution in [0, 0.1) is 30.0 Å². The monoisotopic (exact) mass is 150 g/mol. The van der Waals surface area contributed by atoms with Crippen molar-refractivity contribution in [3.8, 4) is 0 Å². The quantitative estimate of drug-likeness (QED) is 0.454. The van der Waals surface area contributed by atoms with Crippen LogP contribution in [-0.2, 0) is 0 Å². The van der Waals surface area contributed by atoms with E-state index in [0.717, 1.165) is 11.1 Å². The fraction of sp³-hybridized carbons (Fsp3) is 0.250. The lowest BCUT2D eigenvalue weighted by atomic mass is 10.1. The van der Waals surface area contributed by atoms with Crippen molar-refractivity contribution < 1.29 is 4.92 Å². The summed E-state index contributed by atoms with van der Waals surface area (Å²) in [6.07, 6.45) is 0. The molecular weight excluding hydrogens is 142 g/mol. The molecule has 0 fully saturated rings. The molecule has 0 aromatic heterocycles. The molecule has 1 radical (unpaired) electrons. The van der Waals surface area contributed by atoms with Gasteiger partial charge in [0.15, 0.2) is 0 Å². The van der Waals surface area contributed by atoms with E-state index >= 15 is 0 Å². The van der Waals surface area contributed by atoms with E-state index in [4.69, 9.17) is 0 Å². The Morgan fingerprint density at radius 3 is 2.55 bits per heavy atom. The first-order chi connectivity index (χ1) is 5.11. The largest absolute Gasteiger partial charge is 0.277 e. The molecule has 0 N–H and O–H groups in total. The Bertz CT molecular complexity index is 294. The average Bonchev–Trinajstić information content (AvgIpc) is 1.94. The standard InChI is InChI=1S/C8H8NO2/c1-6-3-4-8(9(10)11)5-7(6)2/h3,5H,1-2H3. The Morgan fingerprint density at radius 1 is 1.45 bits per heavy atom. The molecule has 3 heteroatoms. The van der Waals surface area contributed by atoms with Gasteiger partial charge in [0.2, 0.25) is 0 Å². The van der Waals surface area contributed by atoms with E-state index in [-0.39, 0.29) is 5.69 Å². The van der Waals surface area contributed by atoms with E-state index in [9.17, 15) is 10.1 Å². The molecule has 3 nitrogen and oxygen atoms in total. The van der Waals surface area contributed by atoms with Gasteiger partial charge in [0.05, 0.1) is 11.0 Å². The maximum Gasteiger partial charge on any atom is 0.277 e. The van der Waals surface area contributed by atoms with Crippen LogP contribution in [-0.4, -0.2) is 4.92 Å². The Kier molecular flexibility index (Phi) is 1.89. The summed E-state index contributed by atoms with van der Waals surface area (Å²) in [5.74, 6) is 0. The summed E-state index contributed by atoms with van der Waals surface area (Å²) in [4.78, 5) is 9.80. The van der Waals surface area contributed by atoms with Gasteiger partial charge in [-0.1, -0.05) is 0 Å². The first kappa shape index (κ1) is 7.72. The molecule has 0 spiro atoms. The molecule has 0 aliphatic heterocycles. The number of benzene rings is 1. The van der Waals surface area contributed by atoms with E-state index in [1.165, 1.54) is 6.07 Å². The van der Waals surface area contributed by atoms with Gasteiger partial charge in [-0.15, -0.1) is 0 Å². The van der Waals surface area contributed by atoms with Crippen LogP contribution in [0.25, 0.3) is 0 Å². The van der Waals surface area contributed by atoms with E-state index in [0.29, 0.717) is 0 Å². The minimum atomic E-state index is -0.438. The van der Waals surface area contributed by atoms with Crippen LogP contribution in [0.4, 0.5) is 5.69 Å². The molecule has 1 aromatic rings.